The topological polar surface area (TPSA) is 81.4 Å². The van der Waals surface area contributed by atoms with E-state index in [4.69, 9.17) is 4.74 Å². The van der Waals surface area contributed by atoms with Gasteiger partial charge in [0.2, 0.25) is 0 Å². The predicted octanol–water partition coefficient (Wildman–Crippen LogP) is 1.58. The molecule has 1 N–H and O–H groups in total. The van der Waals surface area contributed by atoms with Crippen LogP contribution < -0.4 is 5.32 Å². The van der Waals surface area contributed by atoms with E-state index in [0.717, 1.165) is 62.3 Å². The van der Waals surface area contributed by atoms with Gasteiger partial charge in [0, 0.05) is 61.2 Å². The van der Waals surface area contributed by atoms with E-state index >= 15 is 0 Å². The molecule has 8 heteroatoms. The molecule has 0 radical (unpaired) electrons. The summed E-state index contributed by atoms with van der Waals surface area (Å²) in [6.45, 7) is 5.38. The Morgan fingerprint density at radius 2 is 1.90 bits per heavy atom. The number of nitrogens with one attached hydrogen (secondary N) is 1. The largest absolute Gasteiger partial charge is 0.379 e. The van der Waals surface area contributed by atoms with E-state index in [1.165, 1.54) is 6.33 Å². The summed E-state index contributed by atoms with van der Waals surface area (Å²) < 4.78 is 9.20. The number of carbonyl (C=O) groups excluding carboxylic acids is 2. The van der Waals surface area contributed by atoms with Gasteiger partial charge in [-0.3, -0.25) is 19.8 Å². The molecule has 0 atom stereocenters. The van der Waals surface area contributed by atoms with Crippen LogP contribution in [0.5, 0.6) is 0 Å². The zero-order chi connectivity index (χ0) is 20.5. The number of fused-ring (bicyclic) bond motifs is 1. The Morgan fingerprint density at radius 3 is 2.70 bits per heavy atom. The molecular weight excluding hydrogens is 382 g/mol. The molecular formula is C22H23N5O3. The van der Waals surface area contributed by atoms with E-state index in [1.807, 2.05) is 24.4 Å². The first-order valence-corrected chi connectivity index (χ1v) is 10.2. The molecule has 0 bridgehead atoms. The van der Waals surface area contributed by atoms with Gasteiger partial charge in [0.25, 0.3) is 11.8 Å². The van der Waals surface area contributed by atoms with Crippen LogP contribution in [0.1, 0.15) is 12.0 Å². The molecule has 0 spiro atoms. The summed E-state index contributed by atoms with van der Waals surface area (Å²) in [4.78, 5) is 31.6. The summed E-state index contributed by atoms with van der Waals surface area (Å²) in [5, 5.41) is 3.40. The second-order valence-electron chi connectivity index (χ2n) is 7.54. The van der Waals surface area contributed by atoms with E-state index in [1.54, 1.807) is 17.0 Å². The average molecular weight is 405 g/mol. The number of para-hydroxylation sites is 1. The van der Waals surface area contributed by atoms with Crippen molar-refractivity contribution in [1.29, 1.82) is 0 Å². The first kappa shape index (κ1) is 18.8. The minimum atomic E-state index is -0.405. The smallest absolute Gasteiger partial charge is 0.275 e. The van der Waals surface area contributed by atoms with E-state index in [9.17, 15) is 9.59 Å². The molecule has 1 saturated heterocycles. The van der Waals surface area contributed by atoms with Gasteiger partial charge in [-0.1, -0.05) is 18.2 Å². The van der Waals surface area contributed by atoms with Crippen molar-refractivity contribution >= 4 is 34.0 Å². The number of benzene rings is 1. The van der Waals surface area contributed by atoms with Gasteiger partial charge in [0.05, 0.1) is 25.1 Å². The third kappa shape index (κ3) is 3.34. The van der Waals surface area contributed by atoms with Crippen LogP contribution in [0.15, 0.2) is 49.2 Å². The average Bonchev–Trinajstić information content (AvgIpc) is 3.47. The lowest BCUT2D eigenvalue weighted by Gasteiger charge is -2.26. The van der Waals surface area contributed by atoms with Gasteiger partial charge in [-0.2, -0.15) is 0 Å². The van der Waals surface area contributed by atoms with Gasteiger partial charge in [0.1, 0.15) is 5.70 Å². The molecule has 2 amide bonds. The van der Waals surface area contributed by atoms with Crippen LogP contribution in [0.2, 0.25) is 0 Å². The number of hydrogen-bond donors (Lipinski definition) is 1. The highest BCUT2D eigenvalue weighted by molar-refractivity contribution is 6.47. The zero-order valence-electron chi connectivity index (χ0n) is 16.6. The minimum Gasteiger partial charge on any atom is -0.379 e. The number of nitrogens with zero attached hydrogens (tertiary/aromatic N) is 4. The molecule has 0 unspecified atom stereocenters. The Balaban J connectivity index is 1.50. The Bertz CT molecular complexity index is 1120. The molecule has 0 saturated carbocycles. The maximum Gasteiger partial charge on any atom is 0.275 e. The summed E-state index contributed by atoms with van der Waals surface area (Å²) >= 11 is 0. The maximum absolute atomic E-state index is 12.7. The molecule has 3 aromatic rings. The number of aromatic nitrogens is 3. The highest BCUT2D eigenvalue weighted by Gasteiger charge is 2.34. The Kier molecular flexibility index (Phi) is 4.94. The number of aryl methyl sites for hydroxylation is 1. The molecule has 2 aliphatic rings. The highest BCUT2D eigenvalue weighted by atomic mass is 16.5. The number of hydrogen-bond acceptors (Lipinski definition) is 5. The van der Waals surface area contributed by atoms with Crippen LogP contribution >= 0.6 is 0 Å². The molecule has 5 rings (SSSR count). The SMILES string of the molecule is O=C1NC(=O)C(n2ccnc2)=C1c1cn(CCCN2CCOCC2)c2ccccc12. The molecule has 154 valence electrons. The number of rotatable bonds is 6. The second kappa shape index (κ2) is 7.89. The van der Waals surface area contributed by atoms with Crippen molar-refractivity contribution in [1.82, 2.24) is 24.3 Å². The molecule has 2 aliphatic heterocycles. The van der Waals surface area contributed by atoms with Gasteiger partial charge < -0.3 is 13.9 Å². The summed E-state index contributed by atoms with van der Waals surface area (Å²) in [6, 6.07) is 8.00. The predicted molar refractivity (Wildman–Crippen MR) is 112 cm³/mol. The van der Waals surface area contributed by atoms with E-state index in [2.05, 4.69) is 25.8 Å². The van der Waals surface area contributed by atoms with Crippen LogP contribution in [0.3, 0.4) is 0 Å². The van der Waals surface area contributed by atoms with Gasteiger partial charge in [-0.15, -0.1) is 0 Å². The molecule has 0 aliphatic carbocycles. The van der Waals surface area contributed by atoms with E-state index in [0.29, 0.717) is 11.3 Å². The first-order chi connectivity index (χ1) is 14.7. The van der Waals surface area contributed by atoms with Crippen molar-refractivity contribution < 1.29 is 14.3 Å². The summed E-state index contributed by atoms with van der Waals surface area (Å²) in [7, 11) is 0. The fraction of sp³-hybridized carbons (Fsp3) is 0.318. The van der Waals surface area contributed by atoms with Crippen LogP contribution in [0, 0.1) is 0 Å². The summed E-state index contributed by atoms with van der Waals surface area (Å²) in [6.07, 6.45) is 7.80. The molecule has 1 fully saturated rings. The number of imidazole rings is 1. The van der Waals surface area contributed by atoms with Gasteiger partial charge in [0.15, 0.2) is 0 Å². The van der Waals surface area contributed by atoms with Gasteiger partial charge >= 0.3 is 0 Å². The van der Waals surface area contributed by atoms with Crippen LogP contribution in [-0.4, -0.2) is 63.7 Å². The molecule has 30 heavy (non-hydrogen) atoms. The molecule has 4 heterocycles. The standard InChI is InChI=1S/C22H23N5O3/c28-21-19(20(22(29)24-21)27-9-6-23-15-27)17-14-26(18-5-2-1-4-16(17)18)8-3-7-25-10-12-30-13-11-25/h1-2,4-6,9,14-15H,3,7-8,10-13H2,(H,24,28,29). The Morgan fingerprint density at radius 1 is 1.07 bits per heavy atom. The lowest BCUT2D eigenvalue weighted by Crippen LogP contribution is -2.37. The van der Waals surface area contributed by atoms with Crippen molar-refractivity contribution in [3.63, 3.8) is 0 Å². The van der Waals surface area contributed by atoms with E-state index in [-0.39, 0.29) is 5.91 Å². The van der Waals surface area contributed by atoms with Crippen molar-refractivity contribution in [2.24, 2.45) is 0 Å². The lowest BCUT2D eigenvalue weighted by atomic mass is 10.0. The number of amides is 2. The normalized spacial score (nSPS) is 17.9. The van der Waals surface area contributed by atoms with Crippen molar-refractivity contribution in [2.75, 3.05) is 32.8 Å². The third-order valence-corrected chi connectivity index (χ3v) is 5.70. The molecule has 8 nitrogen and oxygen atoms in total. The van der Waals surface area contributed by atoms with Crippen LogP contribution in [-0.2, 0) is 20.9 Å². The van der Waals surface area contributed by atoms with Crippen molar-refractivity contribution in [2.45, 2.75) is 13.0 Å². The van der Waals surface area contributed by atoms with Gasteiger partial charge in [-0.25, -0.2) is 4.98 Å². The number of imide groups is 1. The van der Waals surface area contributed by atoms with Gasteiger partial charge in [-0.05, 0) is 12.5 Å². The fourth-order valence-electron chi connectivity index (χ4n) is 4.25. The van der Waals surface area contributed by atoms with Crippen molar-refractivity contribution in [3.05, 3.63) is 54.7 Å². The quantitative estimate of drug-likeness (QED) is 0.630. The third-order valence-electron chi connectivity index (χ3n) is 5.70. The number of ether oxygens (including phenoxy) is 1. The summed E-state index contributed by atoms with van der Waals surface area (Å²) in [5.41, 5.74) is 2.53. The van der Waals surface area contributed by atoms with E-state index < -0.39 is 5.91 Å². The monoisotopic (exact) mass is 405 g/mol. The minimum absolute atomic E-state index is 0.314. The second-order valence-corrected chi connectivity index (χ2v) is 7.54. The van der Waals surface area contributed by atoms with Crippen LogP contribution in [0.4, 0.5) is 0 Å². The Hall–Kier alpha value is -3.23. The molecule has 1 aromatic carbocycles. The first-order valence-electron chi connectivity index (χ1n) is 10.2. The highest BCUT2D eigenvalue weighted by Crippen LogP contribution is 2.33. The number of morpholine rings is 1. The van der Waals surface area contributed by atoms with Crippen molar-refractivity contribution in [3.8, 4) is 0 Å². The van der Waals surface area contributed by atoms with Crippen LogP contribution in [0.25, 0.3) is 22.2 Å². The fourth-order valence-corrected chi connectivity index (χ4v) is 4.25. The summed E-state index contributed by atoms with van der Waals surface area (Å²) in [5.74, 6) is -0.780. The maximum atomic E-state index is 12.7. The molecule has 2 aromatic heterocycles. The zero-order valence-corrected chi connectivity index (χ0v) is 16.6. The Labute approximate surface area is 173 Å². The number of carbonyl (C=O) groups is 2. The lowest BCUT2D eigenvalue weighted by molar-refractivity contribution is -0.122.